The molecule has 1 aliphatic heterocycles. The van der Waals surface area contributed by atoms with Gasteiger partial charge >= 0.3 is 0 Å². The Labute approximate surface area is 119 Å². The lowest BCUT2D eigenvalue weighted by atomic mass is 10.1. The van der Waals surface area contributed by atoms with Gasteiger partial charge in [-0.3, -0.25) is 4.90 Å². The van der Waals surface area contributed by atoms with Crippen molar-refractivity contribution >= 4 is 21.6 Å². The molecular formula is C13H25N5S. The van der Waals surface area contributed by atoms with E-state index in [1.165, 1.54) is 50.0 Å². The molecule has 0 saturated carbocycles. The molecule has 2 atom stereocenters. The smallest absolute Gasteiger partial charge is 0.207 e. The van der Waals surface area contributed by atoms with Crippen molar-refractivity contribution in [2.24, 2.45) is 0 Å². The minimum Gasteiger partial charge on any atom is -0.374 e. The van der Waals surface area contributed by atoms with Crippen LogP contribution in [0.4, 0.5) is 10.3 Å². The minimum atomic E-state index is 0.489. The summed E-state index contributed by atoms with van der Waals surface area (Å²) in [6, 6.07) is 1.23. The highest BCUT2D eigenvalue weighted by Crippen LogP contribution is 2.23. The van der Waals surface area contributed by atoms with Gasteiger partial charge in [0.15, 0.2) is 0 Å². The third-order valence-electron chi connectivity index (χ3n) is 3.87. The molecule has 0 spiro atoms. The third kappa shape index (κ3) is 4.04. The minimum absolute atomic E-state index is 0.489. The Kier molecular flexibility index (Phi) is 5.39. The van der Waals surface area contributed by atoms with Crippen LogP contribution in [0.15, 0.2) is 0 Å². The zero-order chi connectivity index (χ0) is 13.7. The Morgan fingerprint density at radius 1 is 1.47 bits per heavy atom. The van der Waals surface area contributed by atoms with E-state index in [1.807, 2.05) is 0 Å². The Morgan fingerprint density at radius 3 is 2.95 bits per heavy atom. The monoisotopic (exact) mass is 283 g/mol. The first-order valence-corrected chi connectivity index (χ1v) is 8.14. The van der Waals surface area contributed by atoms with Crippen molar-refractivity contribution in [3.63, 3.8) is 0 Å². The lowest BCUT2D eigenvalue weighted by molar-refractivity contribution is 0.219. The number of rotatable bonds is 7. The molecule has 108 valence electrons. The maximum absolute atomic E-state index is 5.60. The van der Waals surface area contributed by atoms with Crippen molar-refractivity contribution < 1.29 is 0 Å². The topological polar surface area (TPSA) is 67.1 Å². The molecule has 1 aromatic rings. The summed E-state index contributed by atoms with van der Waals surface area (Å²) in [6.07, 6.45) is 6.38. The lowest BCUT2D eigenvalue weighted by Gasteiger charge is -2.26. The standard InChI is InChI=1S/C13H25N5S/c1-3-5-6-11(4-2)18-8-7-10(9-18)15-13-17-16-12(14)19-13/h10-11H,3-9H2,1-2H3,(H2,14,16)(H,15,17). The van der Waals surface area contributed by atoms with Crippen molar-refractivity contribution in [1.82, 2.24) is 15.1 Å². The van der Waals surface area contributed by atoms with Gasteiger partial charge in [0, 0.05) is 25.2 Å². The van der Waals surface area contributed by atoms with Crippen LogP contribution < -0.4 is 11.1 Å². The van der Waals surface area contributed by atoms with Crippen molar-refractivity contribution in [1.29, 1.82) is 0 Å². The number of hydrogen-bond donors (Lipinski definition) is 2. The second-order valence-corrected chi connectivity index (χ2v) is 6.28. The summed E-state index contributed by atoms with van der Waals surface area (Å²) in [7, 11) is 0. The van der Waals surface area contributed by atoms with Gasteiger partial charge in [-0.15, -0.1) is 10.2 Å². The number of nitrogens with one attached hydrogen (secondary N) is 1. The van der Waals surface area contributed by atoms with Crippen LogP contribution in [-0.4, -0.2) is 40.3 Å². The summed E-state index contributed by atoms with van der Waals surface area (Å²) in [5, 5.41) is 12.7. The normalized spacial score (nSPS) is 21.7. The zero-order valence-electron chi connectivity index (χ0n) is 11.9. The number of nitrogens with zero attached hydrogens (tertiary/aromatic N) is 3. The molecule has 2 heterocycles. The molecule has 19 heavy (non-hydrogen) atoms. The molecule has 0 amide bonds. The summed E-state index contributed by atoms with van der Waals surface area (Å²) in [4.78, 5) is 2.62. The van der Waals surface area contributed by atoms with Crippen molar-refractivity contribution in [3.05, 3.63) is 0 Å². The maximum Gasteiger partial charge on any atom is 0.207 e. The van der Waals surface area contributed by atoms with E-state index < -0.39 is 0 Å². The average Bonchev–Trinajstić information content (AvgIpc) is 3.01. The van der Waals surface area contributed by atoms with Crippen LogP contribution in [0.25, 0.3) is 0 Å². The molecule has 0 bridgehead atoms. The molecule has 1 saturated heterocycles. The molecule has 6 heteroatoms. The largest absolute Gasteiger partial charge is 0.374 e. The average molecular weight is 283 g/mol. The first-order valence-electron chi connectivity index (χ1n) is 7.32. The van der Waals surface area contributed by atoms with E-state index in [-0.39, 0.29) is 0 Å². The molecule has 0 radical (unpaired) electrons. The van der Waals surface area contributed by atoms with Gasteiger partial charge in [-0.1, -0.05) is 38.0 Å². The van der Waals surface area contributed by atoms with Gasteiger partial charge in [-0.05, 0) is 19.3 Å². The Bertz CT molecular complexity index is 381. The van der Waals surface area contributed by atoms with Gasteiger partial charge in [0.1, 0.15) is 0 Å². The van der Waals surface area contributed by atoms with Gasteiger partial charge in [-0.25, -0.2) is 0 Å². The highest BCUT2D eigenvalue weighted by molar-refractivity contribution is 7.18. The number of aromatic nitrogens is 2. The van der Waals surface area contributed by atoms with E-state index in [0.717, 1.165) is 17.7 Å². The molecule has 5 nitrogen and oxygen atoms in total. The van der Waals surface area contributed by atoms with Crippen LogP contribution in [0.1, 0.15) is 46.0 Å². The predicted molar refractivity (Wildman–Crippen MR) is 81.5 cm³/mol. The van der Waals surface area contributed by atoms with E-state index in [9.17, 15) is 0 Å². The molecule has 1 aromatic heterocycles. The van der Waals surface area contributed by atoms with Gasteiger partial charge in [0.25, 0.3) is 0 Å². The van der Waals surface area contributed by atoms with E-state index >= 15 is 0 Å². The van der Waals surface area contributed by atoms with Crippen LogP contribution >= 0.6 is 11.3 Å². The van der Waals surface area contributed by atoms with Crippen LogP contribution in [0.3, 0.4) is 0 Å². The van der Waals surface area contributed by atoms with Crippen molar-refractivity contribution in [2.75, 3.05) is 24.1 Å². The van der Waals surface area contributed by atoms with E-state index in [1.54, 1.807) is 0 Å². The number of nitrogens with two attached hydrogens (primary N) is 1. The lowest BCUT2D eigenvalue weighted by Crippen LogP contribution is -2.34. The fourth-order valence-corrected chi connectivity index (χ4v) is 3.38. The Balaban J connectivity index is 1.81. The number of likely N-dealkylation sites (tertiary alicyclic amines) is 1. The summed E-state index contributed by atoms with van der Waals surface area (Å²) in [5.41, 5.74) is 5.60. The van der Waals surface area contributed by atoms with Gasteiger partial charge in [0.2, 0.25) is 10.3 Å². The molecule has 2 rings (SSSR count). The van der Waals surface area contributed by atoms with Crippen LogP contribution in [0.2, 0.25) is 0 Å². The molecule has 2 unspecified atom stereocenters. The number of anilines is 2. The van der Waals surface area contributed by atoms with Gasteiger partial charge < -0.3 is 11.1 Å². The summed E-state index contributed by atoms with van der Waals surface area (Å²) in [5.74, 6) is 0. The Hall–Kier alpha value is -0.880. The quantitative estimate of drug-likeness (QED) is 0.805. The first kappa shape index (κ1) is 14.5. The fraction of sp³-hybridized carbons (Fsp3) is 0.846. The highest BCUT2D eigenvalue weighted by Gasteiger charge is 2.27. The number of hydrogen-bond acceptors (Lipinski definition) is 6. The van der Waals surface area contributed by atoms with Crippen LogP contribution in [0.5, 0.6) is 0 Å². The van der Waals surface area contributed by atoms with E-state index in [0.29, 0.717) is 11.2 Å². The number of unbranched alkanes of at least 4 members (excludes halogenated alkanes) is 1. The first-order chi connectivity index (χ1) is 9.22. The van der Waals surface area contributed by atoms with E-state index in [2.05, 4.69) is 34.3 Å². The predicted octanol–water partition coefficient (Wildman–Crippen LogP) is 2.58. The number of nitrogen functional groups attached to an aromatic ring is 1. The van der Waals surface area contributed by atoms with E-state index in [4.69, 9.17) is 5.73 Å². The third-order valence-corrected chi connectivity index (χ3v) is 4.55. The SMILES string of the molecule is CCCCC(CC)N1CCC(Nc2nnc(N)s2)C1. The van der Waals surface area contributed by atoms with Crippen molar-refractivity contribution in [2.45, 2.75) is 58.0 Å². The second-order valence-electron chi connectivity index (χ2n) is 5.27. The highest BCUT2D eigenvalue weighted by atomic mass is 32.1. The second kappa shape index (κ2) is 7.05. The maximum atomic E-state index is 5.60. The molecule has 3 N–H and O–H groups in total. The molecular weight excluding hydrogens is 258 g/mol. The summed E-state index contributed by atoms with van der Waals surface area (Å²) >= 11 is 1.43. The molecule has 0 aliphatic carbocycles. The fourth-order valence-electron chi connectivity index (χ4n) is 2.79. The van der Waals surface area contributed by atoms with Gasteiger partial charge in [-0.2, -0.15) is 0 Å². The Morgan fingerprint density at radius 2 is 2.32 bits per heavy atom. The zero-order valence-corrected chi connectivity index (χ0v) is 12.7. The molecule has 1 fully saturated rings. The molecule has 0 aromatic carbocycles. The van der Waals surface area contributed by atoms with Crippen LogP contribution in [0, 0.1) is 0 Å². The van der Waals surface area contributed by atoms with Crippen molar-refractivity contribution in [3.8, 4) is 0 Å². The van der Waals surface area contributed by atoms with Crippen LogP contribution in [-0.2, 0) is 0 Å². The molecule has 1 aliphatic rings. The summed E-state index contributed by atoms with van der Waals surface area (Å²) < 4.78 is 0. The summed E-state index contributed by atoms with van der Waals surface area (Å²) in [6.45, 7) is 6.86. The van der Waals surface area contributed by atoms with Gasteiger partial charge in [0.05, 0.1) is 0 Å².